The minimum absolute atomic E-state index is 0.457. The highest BCUT2D eigenvalue weighted by atomic mass is 32.2. The smallest absolute Gasteiger partial charge is 0.267 e. The van der Waals surface area contributed by atoms with E-state index in [-0.39, 0.29) is 0 Å². The van der Waals surface area contributed by atoms with Gasteiger partial charge in [0, 0.05) is 18.6 Å². The number of rotatable bonds is 3. The van der Waals surface area contributed by atoms with Crippen LogP contribution in [-0.2, 0) is 10.1 Å². The Morgan fingerprint density at radius 1 is 1.67 bits per heavy atom. The van der Waals surface area contributed by atoms with Crippen molar-refractivity contribution in [3.8, 4) is 0 Å². The van der Waals surface area contributed by atoms with Gasteiger partial charge in [-0.3, -0.25) is 4.55 Å². The molecule has 0 saturated carbocycles. The lowest BCUT2D eigenvalue weighted by Gasteiger charge is -2.00. The van der Waals surface area contributed by atoms with Crippen molar-refractivity contribution in [1.82, 2.24) is 9.55 Å². The molecule has 0 bridgehead atoms. The van der Waals surface area contributed by atoms with Gasteiger partial charge in [0.1, 0.15) is 0 Å². The van der Waals surface area contributed by atoms with Gasteiger partial charge in [-0.25, -0.2) is 4.98 Å². The number of hydrogen-bond donors (Lipinski definition) is 1. The third-order valence-corrected chi connectivity index (χ3v) is 3.17. The van der Waals surface area contributed by atoms with Crippen LogP contribution in [0.15, 0.2) is 25.3 Å². The van der Waals surface area contributed by atoms with E-state index in [1.807, 2.05) is 6.20 Å². The second kappa shape index (κ2) is 6.36. The molecule has 0 aliphatic carbocycles. The van der Waals surface area contributed by atoms with Crippen molar-refractivity contribution in [2.24, 2.45) is 0 Å². The Balaban J connectivity index is 0.000000262. The summed E-state index contributed by atoms with van der Waals surface area (Å²) in [4.78, 5) is 3.78. The predicted molar refractivity (Wildman–Crippen MR) is 59.9 cm³/mol. The molecule has 1 aromatic heterocycles. The monoisotopic (exact) mass is 232 g/mol. The van der Waals surface area contributed by atoms with E-state index in [0.717, 1.165) is 0 Å². The quantitative estimate of drug-likeness (QED) is 0.804. The zero-order valence-corrected chi connectivity index (χ0v) is 9.68. The molecule has 0 aliphatic rings. The van der Waals surface area contributed by atoms with Crippen LogP contribution in [-0.4, -0.2) is 27.8 Å². The first-order chi connectivity index (χ1) is 6.91. The van der Waals surface area contributed by atoms with Gasteiger partial charge in [-0.2, -0.15) is 8.42 Å². The molecule has 15 heavy (non-hydrogen) atoms. The van der Waals surface area contributed by atoms with Gasteiger partial charge < -0.3 is 4.57 Å². The Morgan fingerprint density at radius 2 is 2.27 bits per heavy atom. The second-order valence-electron chi connectivity index (χ2n) is 2.93. The van der Waals surface area contributed by atoms with E-state index in [0.29, 0.717) is 6.42 Å². The highest BCUT2D eigenvalue weighted by molar-refractivity contribution is 7.86. The first kappa shape index (κ1) is 13.9. The van der Waals surface area contributed by atoms with Gasteiger partial charge in [0.15, 0.2) is 0 Å². The van der Waals surface area contributed by atoms with Crippen molar-refractivity contribution >= 4 is 16.3 Å². The molecule has 0 amide bonds. The highest BCUT2D eigenvalue weighted by Crippen LogP contribution is 1.99. The highest BCUT2D eigenvalue weighted by Gasteiger charge is 2.13. The summed E-state index contributed by atoms with van der Waals surface area (Å²) in [6.07, 6.45) is 7.37. The maximum absolute atomic E-state index is 10.1. The zero-order valence-electron chi connectivity index (χ0n) is 8.87. The Morgan fingerprint density at radius 3 is 2.40 bits per heavy atom. The average Bonchev–Trinajstić information content (AvgIpc) is 2.68. The molecule has 0 aliphatic heterocycles. The van der Waals surface area contributed by atoms with Gasteiger partial charge in [-0.05, 0) is 13.3 Å². The summed E-state index contributed by atoms with van der Waals surface area (Å²) in [7, 11) is -3.75. The van der Waals surface area contributed by atoms with Crippen LogP contribution in [0.3, 0.4) is 0 Å². The number of imidazole rings is 1. The van der Waals surface area contributed by atoms with E-state index < -0.39 is 15.4 Å². The molecule has 1 heterocycles. The molecule has 5 nitrogen and oxygen atoms in total. The predicted octanol–water partition coefficient (Wildman–Crippen LogP) is 1.66. The fraction of sp³-hybridized carbons (Fsp3) is 0.444. The van der Waals surface area contributed by atoms with Crippen molar-refractivity contribution in [2.45, 2.75) is 25.5 Å². The van der Waals surface area contributed by atoms with Crippen LogP contribution in [0.25, 0.3) is 6.20 Å². The van der Waals surface area contributed by atoms with Crippen LogP contribution < -0.4 is 0 Å². The van der Waals surface area contributed by atoms with Crippen LogP contribution >= 0.6 is 0 Å². The Bertz CT molecular complexity index is 370. The zero-order chi connectivity index (χ0) is 11.9. The summed E-state index contributed by atoms with van der Waals surface area (Å²) in [6, 6.07) is 0. The summed E-state index contributed by atoms with van der Waals surface area (Å²) in [5.41, 5.74) is 0. The number of aromatic nitrogens is 2. The van der Waals surface area contributed by atoms with E-state index in [1.165, 1.54) is 6.92 Å². The summed E-state index contributed by atoms with van der Waals surface area (Å²) in [5.74, 6) is 0. The molecule has 0 fully saturated rings. The molecule has 0 saturated heterocycles. The van der Waals surface area contributed by atoms with Crippen LogP contribution in [0.5, 0.6) is 0 Å². The normalized spacial score (nSPS) is 12.5. The lowest BCUT2D eigenvalue weighted by Crippen LogP contribution is -2.14. The second-order valence-corrected chi connectivity index (χ2v) is 4.76. The van der Waals surface area contributed by atoms with Crippen molar-refractivity contribution in [1.29, 1.82) is 0 Å². The first-order valence-corrected chi connectivity index (χ1v) is 5.98. The van der Waals surface area contributed by atoms with E-state index in [2.05, 4.69) is 11.6 Å². The molecular formula is C9H16N2O3S. The minimum Gasteiger partial charge on any atom is -0.314 e. The fourth-order valence-corrected chi connectivity index (χ4v) is 1.01. The van der Waals surface area contributed by atoms with E-state index in [4.69, 9.17) is 4.55 Å². The maximum atomic E-state index is 10.1. The van der Waals surface area contributed by atoms with Crippen molar-refractivity contribution in [3.05, 3.63) is 25.3 Å². The minimum atomic E-state index is -3.75. The molecule has 86 valence electrons. The summed E-state index contributed by atoms with van der Waals surface area (Å²) in [5, 5.41) is -0.623. The molecular weight excluding hydrogens is 216 g/mol. The van der Waals surface area contributed by atoms with Gasteiger partial charge in [0.05, 0.1) is 11.6 Å². The SMILES string of the molecule is C=Cn1ccnc1.CCC(C)S(=O)(=O)O. The maximum Gasteiger partial charge on any atom is 0.267 e. The molecule has 0 aromatic carbocycles. The average molecular weight is 232 g/mol. The fourth-order valence-electron chi connectivity index (χ4n) is 0.588. The lowest BCUT2D eigenvalue weighted by molar-refractivity contribution is 0.468. The van der Waals surface area contributed by atoms with Crippen molar-refractivity contribution < 1.29 is 13.0 Å². The topological polar surface area (TPSA) is 72.2 Å². The molecule has 1 atom stereocenters. The summed E-state index contributed by atoms with van der Waals surface area (Å²) < 4.78 is 30.3. The van der Waals surface area contributed by atoms with Gasteiger partial charge in [0.2, 0.25) is 0 Å². The molecule has 0 spiro atoms. The van der Waals surface area contributed by atoms with E-state index in [1.54, 1.807) is 30.2 Å². The molecule has 1 aromatic rings. The Kier molecular flexibility index (Phi) is 5.88. The third kappa shape index (κ3) is 6.03. The lowest BCUT2D eigenvalue weighted by atomic mass is 10.4. The van der Waals surface area contributed by atoms with E-state index in [9.17, 15) is 8.42 Å². The number of nitrogens with zero attached hydrogens (tertiary/aromatic N) is 2. The van der Waals surface area contributed by atoms with Gasteiger partial charge in [-0.1, -0.05) is 13.5 Å². The third-order valence-electron chi connectivity index (χ3n) is 1.82. The summed E-state index contributed by atoms with van der Waals surface area (Å²) >= 11 is 0. The van der Waals surface area contributed by atoms with Crippen molar-refractivity contribution in [3.63, 3.8) is 0 Å². The summed E-state index contributed by atoms with van der Waals surface area (Å²) in [6.45, 7) is 6.70. The van der Waals surface area contributed by atoms with Gasteiger partial charge in [-0.15, -0.1) is 0 Å². The Labute approximate surface area is 90.2 Å². The van der Waals surface area contributed by atoms with Crippen LogP contribution in [0.2, 0.25) is 0 Å². The van der Waals surface area contributed by atoms with Gasteiger partial charge in [0.25, 0.3) is 10.1 Å². The van der Waals surface area contributed by atoms with Crippen LogP contribution in [0, 0.1) is 0 Å². The first-order valence-electron chi connectivity index (χ1n) is 4.48. The van der Waals surface area contributed by atoms with E-state index >= 15 is 0 Å². The molecule has 6 heteroatoms. The molecule has 1 N–H and O–H groups in total. The van der Waals surface area contributed by atoms with Crippen LogP contribution in [0.1, 0.15) is 20.3 Å². The van der Waals surface area contributed by atoms with Crippen LogP contribution in [0.4, 0.5) is 0 Å². The molecule has 1 rings (SSSR count). The molecule has 1 unspecified atom stereocenters. The largest absolute Gasteiger partial charge is 0.314 e. The Hall–Kier alpha value is -1.14. The standard InChI is InChI=1S/C5H6N2.C4H10O3S/c1-2-7-4-3-6-5-7;1-3-4(2)8(5,6)7/h2-5H,1H2;4H,3H2,1-2H3,(H,5,6,7). The molecule has 0 radical (unpaired) electrons. The van der Waals surface area contributed by atoms with Gasteiger partial charge >= 0.3 is 0 Å². The van der Waals surface area contributed by atoms with Crippen molar-refractivity contribution in [2.75, 3.05) is 0 Å². The number of hydrogen-bond acceptors (Lipinski definition) is 3.